The Morgan fingerprint density at radius 1 is 0.385 bits per heavy atom. The van der Waals surface area contributed by atoms with Crippen LogP contribution >= 0.6 is 15.6 Å². The van der Waals surface area contributed by atoms with E-state index in [-0.39, 0.29) is 35.9 Å². The molecule has 0 bridgehead atoms. The van der Waals surface area contributed by atoms with Crippen molar-refractivity contribution in [1.82, 2.24) is 24.9 Å². The molecule has 0 unspecified atom stereocenters. The predicted octanol–water partition coefficient (Wildman–Crippen LogP) is 9.56. The molecule has 5 aromatic heterocycles. The summed E-state index contributed by atoms with van der Waals surface area (Å²) in [6.07, 6.45) is 7.25. The molecule has 0 saturated heterocycles. The van der Waals surface area contributed by atoms with Crippen molar-refractivity contribution in [3.63, 3.8) is 0 Å². The molecule has 0 aliphatic heterocycles. The largest absolute Gasteiger partial charge is 2.00 e. The fourth-order valence-corrected chi connectivity index (χ4v) is 4.41. The normalized spacial score (nSPS) is 14.0. The third-order valence-corrected chi connectivity index (χ3v) is 6.48. The van der Waals surface area contributed by atoms with Crippen molar-refractivity contribution < 1.29 is 86.3 Å². The molecular weight excluding hydrogens is 857 g/mol. The van der Waals surface area contributed by atoms with Gasteiger partial charge in [0.2, 0.25) is 0 Å². The third kappa shape index (κ3) is 17.2. The van der Waals surface area contributed by atoms with E-state index in [4.69, 9.17) is 24.9 Å². The Kier molecular flexibility index (Phi) is 15.2. The fourth-order valence-electron chi connectivity index (χ4n) is 4.41. The van der Waals surface area contributed by atoms with Crippen molar-refractivity contribution in [2.45, 2.75) is 24.7 Å². The Balaban J connectivity index is 0. The second-order valence-corrected chi connectivity index (χ2v) is 14.3. The molecule has 0 saturated carbocycles. The van der Waals surface area contributed by atoms with Gasteiger partial charge in [0, 0.05) is 24.8 Å². The molecule has 0 aromatic carbocycles. The van der Waals surface area contributed by atoms with Gasteiger partial charge >= 0.3 is 85.5 Å². The summed E-state index contributed by atoms with van der Waals surface area (Å²) < 4.78 is 118. The zero-order chi connectivity index (χ0) is 36.3. The minimum absolute atomic E-state index is 0. The van der Waals surface area contributed by atoms with Crippen LogP contribution in [-0.4, -0.2) is 35.9 Å². The second-order valence-electron chi connectivity index (χ2n) is 10.4. The molecule has 0 spiro atoms. The monoisotopic (exact) mass is 890 g/mol. The van der Waals surface area contributed by atoms with E-state index in [9.17, 15) is 50.4 Å². The molecule has 0 aliphatic carbocycles. The van der Waals surface area contributed by atoms with Crippen molar-refractivity contribution in [3.05, 3.63) is 150 Å². The zero-order valence-corrected chi connectivity index (χ0v) is 30.1. The molecule has 8 nitrogen and oxygen atoms in total. The first-order valence-corrected chi connectivity index (χ1v) is 17.4. The molecule has 5 aromatic rings. The molecule has 0 amide bonds. The van der Waals surface area contributed by atoms with Gasteiger partial charge in [0.15, 0.2) is 0 Å². The minimum Gasteiger partial charge on any atom is -0.457 e. The quantitative estimate of drug-likeness (QED) is 0.0717. The number of halogens is 12. The Labute approximate surface area is 301 Å². The Morgan fingerprint density at radius 3 is 0.750 bits per heavy atom. The Morgan fingerprint density at radius 2 is 0.577 bits per heavy atom. The van der Waals surface area contributed by atoms with Crippen molar-refractivity contribution >= 4 is 15.6 Å². The first-order valence-electron chi connectivity index (χ1n) is 13.3. The summed E-state index contributed by atoms with van der Waals surface area (Å²) in [5.41, 5.74) is 3.97. The summed E-state index contributed by atoms with van der Waals surface area (Å²) in [6, 6.07) is 29.9. The molecule has 52 heavy (non-hydrogen) atoms. The molecule has 5 rings (SSSR count). The van der Waals surface area contributed by atoms with Gasteiger partial charge in [0.25, 0.3) is 0 Å². The molecule has 0 aliphatic rings. The maximum absolute atomic E-state index is 10.7. The number of nitrogens with zero attached hydrogens (tertiary/aromatic N) is 5. The molecule has 0 fully saturated rings. The van der Waals surface area contributed by atoms with Crippen LogP contribution in [0.2, 0.25) is 0 Å². The van der Waals surface area contributed by atoms with Crippen LogP contribution in [0.25, 0.3) is 0 Å². The summed E-state index contributed by atoms with van der Waals surface area (Å²) in [4.78, 5) is 24.1. The van der Waals surface area contributed by atoms with Crippen molar-refractivity contribution in [3.8, 4) is 0 Å². The average molecular weight is 890 g/mol. The summed E-state index contributed by atoms with van der Waals surface area (Å²) in [5, 5.41) is 0. The third-order valence-electron chi connectivity index (χ3n) is 6.48. The molecule has 292 valence electrons. The summed E-state index contributed by atoms with van der Waals surface area (Å²) in [6.45, 7) is 4.26. The topological polar surface area (TPSA) is 160 Å². The maximum atomic E-state index is 9.87. The van der Waals surface area contributed by atoms with E-state index in [1.54, 1.807) is 0 Å². The van der Waals surface area contributed by atoms with Crippen molar-refractivity contribution in [1.29, 1.82) is 0 Å². The maximum Gasteiger partial charge on any atom is 2.00 e. The first-order chi connectivity index (χ1) is 21.5. The van der Waals surface area contributed by atoms with Gasteiger partial charge in [-0.05, 0) is 74.5 Å². The van der Waals surface area contributed by atoms with Gasteiger partial charge in [-0.1, -0.05) is 30.3 Å². The minimum atomic E-state index is -10.7. The van der Waals surface area contributed by atoms with Crippen LogP contribution < -0.4 is 0 Å². The van der Waals surface area contributed by atoms with Gasteiger partial charge in [-0.3, -0.25) is 24.9 Å². The summed E-state index contributed by atoms with van der Waals surface area (Å²) in [5.74, 6) is 0. The number of hydrogen-bond acceptors (Lipinski definition) is 5. The summed E-state index contributed by atoms with van der Waals surface area (Å²) in [7, 11) is -21.3. The van der Waals surface area contributed by atoms with Crippen LogP contribution in [0.3, 0.4) is 0 Å². The second kappa shape index (κ2) is 15.7. The Hall–Kier alpha value is -3.73. The van der Waals surface area contributed by atoms with Crippen molar-refractivity contribution in [2.75, 3.05) is 0 Å². The van der Waals surface area contributed by atoms with Crippen molar-refractivity contribution in [2.24, 2.45) is 0 Å². The number of hydrogen-bond donors (Lipinski definition) is 0. The predicted molar refractivity (Wildman–Crippen MR) is 172 cm³/mol. The smallest absolute Gasteiger partial charge is 0.457 e. The molecule has 0 radical (unpaired) electrons. The first kappa shape index (κ1) is 50.4. The van der Waals surface area contributed by atoms with Crippen LogP contribution in [0.4, 0.5) is 50.4 Å². The van der Waals surface area contributed by atoms with Crippen LogP contribution in [0.5, 0.6) is 0 Å². The number of aromatic nitrogens is 5. The number of pyridine rings is 5. The standard InChI is InChI=1S/C29H25N5.2F6P.3H2O.Ru/c1-28(22-12-3-7-18-30-22,23-13-4-8-19-31-23)26-16-11-17-27(34-26)29(2,24-14-5-9-20-32-24)25-15-6-10-21-33-25;2*1-7(2,3,4,5)6;;;;/h3-21H,1-2H3;;;3*1H2;/q;2*-1;;;;+2/p+1. The van der Waals surface area contributed by atoms with Crippen LogP contribution in [0.1, 0.15) is 48.0 Å². The van der Waals surface area contributed by atoms with Crippen LogP contribution in [0, 0.1) is 0 Å². The van der Waals surface area contributed by atoms with E-state index in [0.29, 0.717) is 0 Å². The molecule has 5 heterocycles. The van der Waals surface area contributed by atoms with Gasteiger partial charge in [-0.15, -0.1) is 0 Å². The van der Waals surface area contributed by atoms with E-state index >= 15 is 0 Å². The van der Waals surface area contributed by atoms with Gasteiger partial charge in [0.1, 0.15) is 0 Å². The van der Waals surface area contributed by atoms with E-state index in [2.05, 4.69) is 13.8 Å². The van der Waals surface area contributed by atoms with Crippen LogP contribution in [0.15, 0.2) is 116 Å². The molecule has 0 atom stereocenters. The van der Waals surface area contributed by atoms with E-state index in [1.807, 2.05) is 116 Å². The van der Waals surface area contributed by atoms with E-state index < -0.39 is 26.4 Å². The van der Waals surface area contributed by atoms with Crippen LogP contribution in [-0.2, 0) is 35.8 Å². The SMILES string of the molecule is CC(c1ccccn1)(c1ccccn1)c1cccc(C(C)(c2ccccn2)c2ccccn2)n1.F[P-](F)(F)(F)(F)F.F[P-](F)(F)(F)(F)F.O.O.[OH3+].[Ru+2]. The van der Waals surface area contributed by atoms with Gasteiger partial charge in [-0.25, -0.2) is 0 Å². The summed E-state index contributed by atoms with van der Waals surface area (Å²) >= 11 is 0. The average Bonchev–Trinajstić information content (AvgIpc) is 2.99. The molecular formula is C29H32F12N5O3P2Ru+. The van der Waals surface area contributed by atoms with Gasteiger partial charge in [0.05, 0.1) is 45.0 Å². The molecule has 7 N–H and O–H groups in total. The zero-order valence-electron chi connectivity index (χ0n) is 26.6. The van der Waals surface area contributed by atoms with E-state index in [1.165, 1.54) is 0 Å². The van der Waals surface area contributed by atoms with E-state index in [0.717, 1.165) is 34.2 Å². The fraction of sp³-hybridized carbons (Fsp3) is 0.138. The van der Waals surface area contributed by atoms with Gasteiger partial charge < -0.3 is 16.4 Å². The molecule has 23 heteroatoms. The van der Waals surface area contributed by atoms with Gasteiger partial charge in [-0.2, -0.15) is 0 Å². The Bertz CT molecular complexity index is 1600. The number of rotatable bonds is 6.